The fraction of sp³-hybridized carbons (Fsp3) is 0.269. The number of Topliss-reactive ketones (excluding diaryl/α,β-unsaturated/α-hetero) is 1. The maximum absolute atomic E-state index is 12.9. The van der Waals surface area contributed by atoms with Crippen molar-refractivity contribution < 1.29 is 4.79 Å². The summed E-state index contributed by atoms with van der Waals surface area (Å²) in [6, 6.07) is 23.8. The molecule has 0 spiro atoms. The second-order valence-corrected chi connectivity index (χ2v) is 9.01. The second-order valence-electron chi connectivity index (χ2n) is 8.57. The number of ketones is 1. The first-order valence-electron chi connectivity index (χ1n) is 9.95. The number of carbonyl (C=O) groups excluding carboxylic acids is 1. The minimum absolute atomic E-state index is 0.0926. The summed E-state index contributed by atoms with van der Waals surface area (Å²) in [5.74, 6) is 0.122. The van der Waals surface area contributed by atoms with Gasteiger partial charge in [0.15, 0.2) is 5.78 Å². The van der Waals surface area contributed by atoms with E-state index in [0.29, 0.717) is 11.4 Å². The summed E-state index contributed by atoms with van der Waals surface area (Å²) in [6.45, 7) is 8.63. The van der Waals surface area contributed by atoms with E-state index in [9.17, 15) is 4.79 Å². The molecule has 1 N–H and O–H groups in total. The maximum Gasteiger partial charge on any atom is 0.165 e. The average molecular weight is 406 g/mol. The largest absolute Gasteiger partial charge is 0.378 e. The van der Waals surface area contributed by atoms with E-state index < -0.39 is 0 Å². The predicted molar refractivity (Wildman–Crippen MR) is 123 cm³/mol. The summed E-state index contributed by atoms with van der Waals surface area (Å²) in [4.78, 5) is 12.9. The quantitative estimate of drug-likeness (QED) is 0.433. The molecule has 0 saturated heterocycles. The number of hydrogen-bond acceptors (Lipinski definition) is 2. The van der Waals surface area contributed by atoms with Crippen LogP contribution in [0.4, 0.5) is 5.69 Å². The third-order valence-electron chi connectivity index (χ3n) is 5.13. The monoisotopic (exact) mass is 405 g/mol. The van der Waals surface area contributed by atoms with Crippen LogP contribution >= 0.6 is 11.6 Å². The zero-order chi connectivity index (χ0) is 21.0. The van der Waals surface area contributed by atoms with E-state index in [4.69, 9.17) is 11.6 Å². The van der Waals surface area contributed by atoms with Gasteiger partial charge < -0.3 is 5.32 Å². The number of nitrogens with one attached hydrogen (secondary N) is 1. The molecular formula is C26H28ClNO. The Morgan fingerprint density at radius 2 is 1.48 bits per heavy atom. The summed E-state index contributed by atoms with van der Waals surface area (Å²) < 4.78 is 0. The molecule has 29 heavy (non-hydrogen) atoms. The Morgan fingerprint density at radius 1 is 0.897 bits per heavy atom. The van der Waals surface area contributed by atoms with E-state index in [-0.39, 0.29) is 17.2 Å². The van der Waals surface area contributed by atoms with Crippen LogP contribution in [0.15, 0.2) is 72.8 Å². The van der Waals surface area contributed by atoms with Gasteiger partial charge in [-0.25, -0.2) is 0 Å². The van der Waals surface area contributed by atoms with Gasteiger partial charge in [-0.1, -0.05) is 86.5 Å². The summed E-state index contributed by atoms with van der Waals surface area (Å²) in [7, 11) is 0. The van der Waals surface area contributed by atoms with Crippen LogP contribution in [0.5, 0.6) is 0 Å². The van der Waals surface area contributed by atoms with E-state index in [0.717, 1.165) is 22.4 Å². The minimum Gasteiger partial charge on any atom is -0.378 e. The lowest BCUT2D eigenvalue weighted by atomic mass is 9.86. The molecular weight excluding hydrogens is 378 g/mol. The van der Waals surface area contributed by atoms with Gasteiger partial charge in [-0.3, -0.25) is 4.79 Å². The van der Waals surface area contributed by atoms with E-state index in [2.05, 4.69) is 50.4 Å². The summed E-state index contributed by atoms with van der Waals surface area (Å²) >= 11 is 6.02. The van der Waals surface area contributed by atoms with Crippen molar-refractivity contribution in [2.75, 3.05) is 5.32 Å². The van der Waals surface area contributed by atoms with Gasteiger partial charge in [0.25, 0.3) is 0 Å². The maximum atomic E-state index is 12.9. The van der Waals surface area contributed by atoms with Crippen LogP contribution in [-0.4, -0.2) is 5.78 Å². The molecule has 3 rings (SSSR count). The molecule has 0 aromatic heterocycles. The molecule has 0 fully saturated rings. The second kappa shape index (κ2) is 8.84. The standard InChI is InChI=1S/C26H28ClNO/c1-18-5-7-20(8-6-18)25(29)17-24(28-23-15-13-22(27)14-16-23)19-9-11-21(12-10-19)26(2,3)4/h5-16,24,28H,17H2,1-4H3/t24-/m1/s1. The lowest BCUT2D eigenvalue weighted by Crippen LogP contribution is -2.17. The van der Waals surface area contributed by atoms with Crippen LogP contribution in [0.2, 0.25) is 5.02 Å². The first kappa shape index (κ1) is 21.1. The fourth-order valence-electron chi connectivity index (χ4n) is 3.26. The molecule has 2 nitrogen and oxygen atoms in total. The zero-order valence-electron chi connectivity index (χ0n) is 17.5. The topological polar surface area (TPSA) is 29.1 Å². The molecule has 0 heterocycles. The van der Waals surface area contributed by atoms with Crippen molar-refractivity contribution in [3.05, 3.63) is 100 Å². The molecule has 3 aromatic rings. The van der Waals surface area contributed by atoms with Crippen LogP contribution in [0.3, 0.4) is 0 Å². The lowest BCUT2D eigenvalue weighted by Gasteiger charge is -2.23. The average Bonchev–Trinajstić information content (AvgIpc) is 2.69. The Labute approximate surface area is 178 Å². The Balaban J connectivity index is 1.87. The molecule has 0 unspecified atom stereocenters. The Morgan fingerprint density at radius 3 is 2.03 bits per heavy atom. The van der Waals surface area contributed by atoms with Gasteiger partial charge in [0.1, 0.15) is 0 Å². The number of rotatable bonds is 6. The highest BCUT2D eigenvalue weighted by Crippen LogP contribution is 2.28. The van der Waals surface area contributed by atoms with Crippen molar-refractivity contribution in [2.45, 2.75) is 45.6 Å². The van der Waals surface area contributed by atoms with Gasteiger partial charge in [-0.15, -0.1) is 0 Å². The van der Waals surface area contributed by atoms with Gasteiger partial charge in [-0.05, 0) is 47.7 Å². The molecule has 0 aliphatic carbocycles. The first-order chi connectivity index (χ1) is 13.7. The van der Waals surface area contributed by atoms with Gasteiger partial charge in [-0.2, -0.15) is 0 Å². The van der Waals surface area contributed by atoms with Gasteiger partial charge in [0, 0.05) is 22.7 Å². The highest BCUT2D eigenvalue weighted by atomic mass is 35.5. The molecule has 3 aromatic carbocycles. The van der Waals surface area contributed by atoms with Crippen LogP contribution in [0, 0.1) is 6.92 Å². The van der Waals surface area contributed by atoms with Gasteiger partial charge >= 0.3 is 0 Å². The van der Waals surface area contributed by atoms with Crippen LogP contribution in [-0.2, 0) is 5.41 Å². The molecule has 0 aliphatic heterocycles. The number of carbonyl (C=O) groups is 1. The molecule has 1 atom stereocenters. The Hall–Kier alpha value is -2.58. The molecule has 0 radical (unpaired) electrons. The van der Waals surface area contributed by atoms with Crippen molar-refractivity contribution in [1.29, 1.82) is 0 Å². The van der Waals surface area contributed by atoms with Crippen LogP contribution in [0.25, 0.3) is 0 Å². The van der Waals surface area contributed by atoms with Gasteiger partial charge in [0.05, 0.1) is 6.04 Å². The number of hydrogen-bond donors (Lipinski definition) is 1. The highest BCUT2D eigenvalue weighted by Gasteiger charge is 2.19. The first-order valence-corrected chi connectivity index (χ1v) is 10.3. The zero-order valence-corrected chi connectivity index (χ0v) is 18.3. The van der Waals surface area contributed by atoms with E-state index in [1.54, 1.807) is 0 Å². The Kier molecular flexibility index (Phi) is 6.44. The number of aryl methyl sites for hydroxylation is 1. The SMILES string of the molecule is Cc1ccc(C(=O)C[C@@H](Nc2ccc(Cl)cc2)c2ccc(C(C)(C)C)cc2)cc1. The molecule has 150 valence electrons. The smallest absolute Gasteiger partial charge is 0.165 e. The van der Waals surface area contributed by atoms with E-state index >= 15 is 0 Å². The summed E-state index contributed by atoms with van der Waals surface area (Å²) in [6.07, 6.45) is 0.376. The molecule has 3 heteroatoms. The lowest BCUT2D eigenvalue weighted by molar-refractivity contribution is 0.0976. The van der Waals surface area contributed by atoms with Crippen molar-refractivity contribution >= 4 is 23.1 Å². The number of benzene rings is 3. The fourth-order valence-corrected chi connectivity index (χ4v) is 3.38. The molecule has 0 bridgehead atoms. The Bertz CT molecular complexity index is 952. The van der Waals surface area contributed by atoms with Crippen LogP contribution < -0.4 is 5.32 Å². The van der Waals surface area contributed by atoms with Crippen molar-refractivity contribution in [1.82, 2.24) is 0 Å². The predicted octanol–water partition coefficient (Wildman–Crippen LogP) is 7.37. The van der Waals surface area contributed by atoms with E-state index in [1.807, 2.05) is 55.5 Å². The minimum atomic E-state index is -0.126. The van der Waals surface area contributed by atoms with Crippen molar-refractivity contribution in [2.24, 2.45) is 0 Å². The van der Waals surface area contributed by atoms with Crippen molar-refractivity contribution in [3.8, 4) is 0 Å². The normalized spacial score (nSPS) is 12.4. The molecule has 0 saturated carbocycles. The summed E-state index contributed by atoms with van der Waals surface area (Å²) in [5.41, 5.74) is 5.29. The summed E-state index contributed by atoms with van der Waals surface area (Å²) in [5, 5.41) is 4.21. The van der Waals surface area contributed by atoms with E-state index in [1.165, 1.54) is 5.56 Å². The number of anilines is 1. The highest BCUT2D eigenvalue weighted by molar-refractivity contribution is 6.30. The van der Waals surface area contributed by atoms with Gasteiger partial charge in [0.2, 0.25) is 0 Å². The van der Waals surface area contributed by atoms with Crippen molar-refractivity contribution in [3.63, 3.8) is 0 Å². The molecule has 0 aliphatic rings. The van der Waals surface area contributed by atoms with Crippen LogP contribution in [0.1, 0.15) is 60.3 Å². The third kappa shape index (κ3) is 5.71. The number of halogens is 1. The third-order valence-corrected chi connectivity index (χ3v) is 5.38. The molecule has 0 amide bonds.